The van der Waals surface area contributed by atoms with Crippen LogP contribution in [0.5, 0.6) is 0 Å². The number of nitrogens with zero attached hydrogens (tertiary/aromatic N) is 1. The van der Waals surface area contributed by atoms with Crippen molar-refractivity contribution in [3.05, 3.63) is 40.8 Å². The molecule has 0 bridgehead atoms. The van der Waals surface area contributed by atoms with E-state index in [0.717, 1.165) is 5.69 Å². The summed E-state index contributed by atoms with van der Waals surface area (Å²) in [7, 11) is 0. The minimum Gasteiger partial charge on any atom is -0.481 e. The molecule has 0 spiro atoms. The highest BCUT2D eigenvalue weighted by atomic mass is 32.1. The number of aliphatic carboxylic acids is 1. The van der Waals surface area contributed by atoms with Gasteiger partial charge in [0.1, 0.15) is 4.88 Å². The van der Waals surface area contributed by atoms with Crippen LogP contribution in [0, 0.1) is 5.92 Å². The number of hydrogen-bond donors (Lipinski definition) is 2. The largest absolute Gasteiger partial charge is 0.481 e. The SMILES string of the molecule is CCC(CNC(=O)c1sccc1-n1cccc1)C(=O)O. The number of thiophene rings is 1. The quantitative estimate of drug-likeness (QED) is 0.858. The second-order valence-electron chi connectivity index (χ2n) is 4.38. The van der Waals surface area contributed by atoms with Crippen molar-refractivity contribution < 1.29 is 14.7 Å². The van der Waals surface area contributed by atoms with Crippen molar-refractivity contribution in [3.63, 3.8) is 0 Å². The molecule has 2 aromatic rings. The van der Waals surface area contributed by atoms with Crippen LogP contribution in [-0.2, 0) is 4.79 Å². The monoisotopic (exact) mass is 292 g/mol. The second kappa shape index (κ2) is 6.38. The highest BCUT2D eigenvalue weighted by Crippen LogP contribution is 2.21. The normalized spacial score (nSPS) is 12.1. The number of aromatic nitrogens is 1. The lowest BCUT2D eigenvalue weighted by Gasteiger charge is -2.11. The molecule has 106 valence electrons. The van der Waals surface area contributed by atoms with Gasteiger partial charge in [0.05, 0.1) is 11.6 Å². The first-order valence-corrected chi connectivity index (χ1v) is 7.23. The maximum Gasteiger partial charge on any atom is 0.308 e. The Labute approximate surface area is 120 Å². The van der Waals surface area contributed by atoms with Crippen LogP contribution in [-0.4, -0.2) is 28.1 Å². The fourth-order valence-electron chi connectivity index (χ4n) is 1.87. The number of carboxylic acid groups (broad SMARTS) is 1. The summed E-state index contributed by atoms with van der Waals surface area (Å²) in [6.07, 6.45) is 4.22. The first-order chi connectivity index (χ1) is 9.63. The average molecular weight is 292 g/mol. The first-order valence-electron chi connectivity index (χ1n) is 6.35. The summed E-state index contributed by atoms with van der Waals surface area (Å²) in [6, 6.07) is 5.64. The summed E-state index contributed by atoms with van der Waals surface area (Å²) in [5, 5.41) is 13.5. The molecule has 0 aliphatic carbocycles. The van der Waals surface area contributed by atoms with Crippen molar-refractivity contribution in [3.8, 4) is 5.69 Å². The van der Waals surface area contributed by atoms with Gasteiger partial charge in [-0.3, -0.25) is 9.59 Å². The van der Waals surface area contributed by atoms with Crippen LogP contribution < -0.4 is 5.32 Å². The Morgan fingerprint density at radius 3 is 2.70 bits per heavy atom. The van der Waals surface area contributed by atoms with E-state index in [4.69, 9.17) is 5.11 Å². The molecule has 20 heavy (non-hydrogen) atoms. The van der Waals surface area contributed by atoms with Crippen molar-refractivity contribution in [1.82, 2.24) is 9.88 Å². The van der Waals surface area contributed by atoms with E-state index >= 15 is 0 Å². The number of hydrogen-bond acceptors (Lipinski definition) is 3. The zero-order chi connectivity index (χ0) is 14.5. The topological polar surface area (TPSA) is 71.3 Å². The third-order valence-electron chi connectivity index (χ3n) is 3.08. The Bertz CT molecular complexity index is 589. The molecule has 0 saturated heterocycles. The zero-order valence-corrected chi connectivity index (χ0v) is 11.9. The zero-order valence-electron chi connectivity index (χ0n) is 11.1. The number of amides is 1. The number of carbonyl (C=O) groups is 2. The van der Waals surface area contributed by atoms with Gasteiger partial charge in [-0.25, -0.2) is 0 Å². The van der Waals surface area contributed by atoms with E-state index in [1.165, 1.54) is 11.3 Å². The van der Waals surface area contributed by atoms with Crippen LogP contribution in [0.2, 0.25) is 0 Å². The molecule has 0 radical (unpaired) electrons. The lowest BCUT2D eigenvalue weighted by Crippen LogP contribution is -2.32. The Balaban J connectivity index is 2.07. The molecule has 1 unspecified atom stereocenters. The van der Waals surface area contributed by atoms with Gasteiger partial charge in [0.2, 0.25) is 0 Å². The van der Waals surface area contributed by atoms with Crippen LogP contribution >= 0.6 is 11.3 Å². The summed E-state index contributed by atoms with van der Waals surface area (Å²) in [5.41, 5.74) is 0.806. The molecule has 0 aliphatic rings. The summed E-state index contributed by atoms with van der Waals surface area (Å²) in [5.74, 6) is -1.66. The van der Waals surface area contributed by atoms with Crippen molar-refractivity contribution in [1.29, 1.82) is 0 Å². The van der Waals surface area contributed by atoms with Gasteiger partial charge in [-0.05, 0) is 30.0 Å². The fourth-order valence-corrected chi connectivity index (χ4v) is 2.68. The van der Waals surface area contributed by atoms with Gasteiger partial charge < -0.3 is 15.0 Å². The molecule has 0 aromatic carbocycles. The van der Waals surface area contributed by atoms with Crippen molar-refractivity contribution in [2.45, 2.75) is 13.3 Å². The third-order valence-corrected chi connectivity index (χ3v) is 3.99. The first kappa shape index (κ1) is 14.3. The predicted molar refractivity (Wildman–Crippen MR) is 77.4 cm³/mol. The number of nitrogens with one attached hydrogen (secondary N) is 1. The second-order valence-corrected chi connectivity index (χ2v) is 5.29. The summed E-state index contributed by atoms with van der Waals surface area (Å²) < 4.78 is 1.86. The molecule has 5 nitrogen and oxygen atoms in total. The molecule has 6 heteroatoms. The van der Waals surface area contributed by atoms with Crippen LogP contribution in [0.15, 0.2) is 36.0 Å². The molecular weight excluding hydrogens is 276 g/mol. The van der Waals surface area contributed by atoms with Gasteiger partial charge in [-0.15, -0.1) is 11.3 Å². The maximum atomic E-state index is 12.2. The molecule has 2 N–H and O–H groups in total. The van der Waals surface area contributed by atoms with E-state index < -0.39 is 11.9 Å². The minimum atomic E-state index is -0.885. The number of carbonyl (C=O) groups excluding carboxylic acids is 1. The Morgan fingerprint density at radius 2 is 2.10 bits per heavy atom. The molecule has 0 fully saturated rings. The van der Waals surface area contributed by atoms with Gasteiger partial charge in [0.15, 0.2) is 0 Å². The van der Waals surface area contributed by atoms with E-state index in [1.54, 1.807) is 6.92 Å². The summed E-state index contributed by atoms with van der Waals surface area (Å²) in [4.78, 5) is 23.7. The van der Waals surface area contributed by atoms with E-state index in [9.17, 15) is 9.59 Å². The smallest absolute Gasteiger partial charge is 0.308 e. The van der Waals surface area contributed by atoms with Gasteiger partial charge in [0, 0.05) is 18.9 Å². The van der Waals surface area contributed by atoms with Gasteiger partial charge >= 0.3 is 5.97 Å². The highest BCUT2D eigenvalue weighted by Gasteiger charge is 2.19. The Kier molecular flexibility index (Phi) is 4.57. The van der Waals surface area contributed by atoms with Crippen LogP contribution in [0.1, 0.15) is 23.0 Å². The summed E-state index contributed by atoms with van der Waals surface area (Å²) >= 11 is 1.34. The van der Waals surface area contributed by atoms with Crippen LogP contribution in [0.25, 0.3) is 5.69 Å². The van der Waals surface area contributed by atoms with E-state index in [0.29, 0.717) is 11.3 Å². The molecule has 0 aliphatic heterocycles. The van der Waals surface area contributed by atoms with Crippen LogP contribution in [0.4, 0.5) is 0 Å². The summed E-state index contributed by atoms with van der Waals surface area (Å²) in [6.45, 7) is 1.94. The molecule has 0 saturated carbocycles. The molecule has 2 heterocycles. The molecular formula is C14H16N2O3S. The number of carboxylic acids is 1. The average Bonchev–Trinajstić information content (AvgIpc) is 3.09. The third kappa shape index (κ3) is 3.08. The van der Waals surface area contributed by atoms with Crippen molar-refractivity contribution in [2.75, 3.05) is 6.54 Å². The highest BCUT2D eigenvalue weighted by molar-refractivity contribution is 7.12. The van der Waals surface area contributed by atoms with Crippen molar-refractivity contribution >= 4 is 23.2 Å². The molecule has 2 rings (SSSR count). The van der Waals surface area contributed by atoms with Gasteiger partial charge in [0.25, 0.3) is 5.91 Å². The predicted octanol–water partition coefficient (Wildman–Crippen LogP) is 2.38. The standard InChI is InChI=1S/C14H16N2O3S/c1-2-10(14(18)19)9-15-13(17)12-11(5-8-20-12)16-6-3-4-7-16/h3-8,10H,2,9H2,1H3,(H,15,17)(H,18,19). The van der Waals surface area contributed by atoms with E-state index in [-0.39, 0.29) is 12.5 Å². The lowest BCUT2D eigenvalue weighted by atomic mass is 10.1. The maximum absolute atomic E-state index is 12.2. The van der Waals surface area contributed by atoms with Gasteiger partial charge in [-0.1, -0.05) is 6.92 Å². The van der Waals surface area contributed by atoms with E-state index in [2.05, 4.69) is 5.32 Å². The van der Waals surface area contributed by atoms with Crippen LogP contribution in [0.3, 0.4) is 0 Å². The Morgan fingerprint density at radius 1 is 1.40 bits per heavy atom. The van der Waals surface area contributed by atoms with Gasteiger partial charge in [-0.2, -0.15) is 0 Å². The van der Waals surface area contributed by atoms with Crippen molar-refractivity contribution in [2.24, 2.45) is 5.92 Å². The fraction of sp³-hybridized carbons (Fsp3) is 0.286. The molecule has 2 aromatic heterocycles. The number of rotatable bonds is 6. The van der Waals surface area contributed by atoms with E-state index in [1.807, 2.05) is 40.5 Å². The molecule has 1 atom stereocenters. The lowest BCUT2D eigenvalue weighted by molar-refractivity contribution is -0.141. The molecule has 1 amide bonds. The minimum absolute atomic E-state index is 0.147. The Hall–Kier alpha value is -2.08.